The lowest BCUT2D eigenvalue weighted by molar-refractivity contribution is -0.115. The monoisotopic (exact) mass is 1360 g/mol. The topological polar surface area (TPSA) is 267 Å². The molecule has 0 unspecified atom stereocenters. The van der Waals surface area contributed by atoms with E-state index in [1.807, 2.05) is 36.1 Å². The fraction of sp³-hybridized carbons (Fsp3) is 0.242. The quantitative estimate of drug-likeness (QED) is 0.0597. The van der Waals surface area contributed by atoms with E-state index < -0.39 is 28.7 Å². The van der Waals surface area contributed by atoms with Crippen molar-refractivity contribution in [3.8, 4) is 0 Å². The number of sulfone groups is 2. The highest BCUT2D eigenvalue weighted by atomic mass is 35.7. The first-order valence-electron chi connectivity index (χ1n) is 27.8. The average Bonchev–Trinajstić information content (AvgIpc) is 2.07. The summed E-state index contributed by atoms with van der Waals surface area (Å²) in [5.74, 6) is -1.20. The van der Waals surface area contributed by atoms with Gasteiger partial charge in [0.1, 0.15) is 0 Å². The summed E-state index contributed by atoms with van der Waals surface area (Å²) in [6.45, 7) is 7.19. The minimum atomic E-state index is -3.84. The number of para-hydroxylation sites is 1. The Hall–Kier alpha value is -7.09. The van der Waals surface area contributed by atoms with E-state index in [0.717, 1.165) is 55.0 Å². The number of carbonyl (C=O) groups is 5. The number of hydrogen-bond donors (Lipinski definition) is 5. The van der Waals surface area contributed by atoms with Crippen LogP contribution in [-0.4, -0.2) is 116 Å². The minimum Gasteiger partial charge on any atom is -0.379 e. The Morgan fingerprint density at radius 3 is 1.60 bits per heavy atom. The lowest BCUT2D eigenvalue weighted by atomic mass is 10.0. The number of nitrogens with zero attached hydrogens (tertiary/aromatic N) is 2. The van der Waals surface area contributed by atoms with Gasteiger partial charge in [-0.05, 0) is 133 Å². The van der Waals surface area contributed by atoms with Crippen LogP contribution in [0.3, 0.4) is 0 Å². The Labute approximate surface area is 538 Å². The fourth-order valence-electron chi connectivity index (χ4n) is 10.8. The van der Waals surface area contributed by atoms with Crippen LogP contribution in [0.1, 0.15) is 67.1 Å². The molecule has 464 valence electrons. The van der Waals surface area contributed by atoms with Crippen molar-refractivity contribution in [2.75, 3.05) is 67.2 Å². The summed E-state index contributed by atoms with van der Waals surface area (Å²) in [6.07, 6.45) is 4.18. The van der Waals surface area contributed by atoms with Gasteiger partial charge < -0.3 is 35.9 Å². The van der Waals surface area contributed by atoms with Gasteiger partial charge in [0.25, 0.3) is 20.9 Å². The van der Waals surface area contributed by atoms with Gasteiger partial charge in [0.2, 0.25) is 17.7 Å². The molecule has 7 aromatic rings. The predicted octanol–water partition coefficient (Wildman–Crippen LogP) is 10.6. The molecule has 27 heteroatoms. The molecule has 0 aliphatic carbocycles. The zero-order valence-electron chi connectivity index (χ0n) is 47.4. The first-order valence-corrected chi connectivity index (χ1v) is 34.9. The number of amides is 5. The highest BCUT2D eigenvalue weighted by Crippen LogP contribution is 2.39. The van der Waals surface area contributed by atoms with Crippen LogP contribution in [0, 0.1) is 6.92 Å². The summed E-state index contributed by atoms with van der Waals surface area (Å²) in [4.78, 5) is 67.7. The summed E-state index contributed by atoms with van der Waals surface area (Å²) in [7, 11) is -5.99. The van der Waals surface area contributed by atoms with Crippen LogP contribution in [0.2, 0.25) is 20.1 Å². The van der Waals surface area contributed by atoms with Gasteiger partial charge in [0.05, 0.1) is 69.8 Å². The molecule has 1 fully saturated rings. The maximum absolute atomic E-state index is 13.7. The van der Waals surface area contributed by atoms with Gasteiger partial charge in [-0.2, -0.15) is 0 Å². The first kappa shape index (κ1) is 64.9. The lowest BCUT2D eigenvalue weighted by Gasteiger charge is -2.29. The first-order chi connectivity index (χ1) is 42.3. The molecule has 6 aliphatic heterocycles. The molecular weight excluding hydrogens is 1310 g/mol. The van der Waals surface area contributed by atoms with E-state index in [-0.39, 0.29) is 78.6 Å². The Morgan fingerprint density at radius 1 is 0.551 bits per heavy atom. The second-order valence-corrected chi connectivity index (χ2v) is 29.6. The normalized spacial score (nSPS) is 16.4. The predicted molar refractivity (Wildman–Crippen MR) is 344 cm³/mol. The van der Waals surface area contributed by atoms with Gasteiger partial charge in [0.15, 0.2) is 19.7 Å². The van der Waals surface area contributed by atoms with Crippen molar-refractivity contribution in [3.05, 3.63) is 191 Å². The van der Waals surface area contributed by atoms with E-state index >= 15 is 0 Å². The maximum atomic E-state index is 13.7. The summed E-state index contributed by atoms with van der Waals surface area (Å²) >= 11 is 24.5. The SMILES string of the molecule is Cc1c(/C=C2\C(=O)Nc3ccc(S(=O)(=O)Cc4c(Cl)cccc4Cl)cc32)[nH]c2c1C(=O)N(CCN1CCOCC1)CCC2.O=C1Cc2cc(S(=O)(=O)Cc3c(Cl)cccc3Cl)ccc2N1.O=C1Cc2cc(S(=O)(=O)Cl)ccc2N1.O=C1Cc2ccccc2N1. The molecule has 0 spiro atoms. The second-order valence-electron chi connectivity index (χ2n) is 21.4. The molecule has 0 bridgehead atoms. The van der Waals surface area contributed by atoms with Crippen molar-refractivity contribution in [2.24, 2.45) is 0 Å². The van der Waals surface area contributed by atoms with Crippen molar-refractivity contribution >= 4 is 150 Å². The van der Waals surface area contributed by atoms with Crippen molar-refractivity contribution in [3.63, 3.8) is 0 Å². The number of H-pyrrole nitrogens is 1. The van der Waals surface area contributed by atoms with Crippen LogP contribution >= 0.6 is 57.1 Å². The van der Waals surface area contributed by atoms with E-state index in [1.54, 1.807) is 54.6 Å². The molecule has 5 amide bonds. The third kappa shape index (κ3) is 15.2. The number of benzene rings is 6. The molecule has 6 aliphatic rings. The van der Waals surface area contributed by atoms with Crippen molar-refractivity contribution in [1.82, 2.24) is 14.8 Å². The lowest BCUT2D eigenvalue weighted by Crippen LogP contribution is -2.43. The van der Waals surface area contributed by atoms with Crippen LogP contribution in [0.5, 0.6) is 0 Å². The minimum absolute atomic E-state index is 0.0120. The van der Waals surface area contributed by atoms with Crippen molar-refractivity contribution < 1.29 is 54.0 Å². The number of morpholine rings is 1. The molecule has 0 saturated carbocycles. The van der Waals surface area contributed by atoms with Gasteiger partial charge in [-0.15, -0.1) is 0 Å². The number of ether oxygens (including phenoxy) is 1. The summed E-state index contributed by atoms with van der Waals surface area (Å²) in [6, 6.07) is 30.9. The third-order valence-electron chi connectivity index (χ3n) is 15.4. The molecule has 19 nitrogen and oxygen atoms in total. The fourth-order valence-corrected chi connectivity index (χ4v) is 15.8. The molecule has 89 heavy (non-hydrogen) atoms. The second kappa shape index (κ2) is 27.2. The van der Waals surface area contributed by atoms with E-state index in [2.05, 4.69) is 31.2 Å². The summed E-state index contributed by atoms with van der Waals surface area (Å²) < 4.78 is 79.3. The van der Waals surface area contributed by atoms with Crippen molar-refractivity contribution in [2.45, 2.75) is 65.2 Å². The van der Waals surface area contributed by atoms with Crippen LogP contribution in [0.15, 0.2) is 130 Å². The molecule has 7 heterocycles. The molecule has 0 radical (unpaired) electrons. The number of halogens is 5. The van der Waals surface area contributed by atoms with Crippen LogP contribution in [-0.2, 0) is 89.8 Å². The van der Waals surface area contributed by atoms with E-state index in [9.17, 15) is 49.2 Å². The molecule has 6 aromatic carbocycles. The van der Waals surface area contributed by atoms with Gasteiger partial charge in [-0.3, -0.25) is 28.9 Å². The van der Waals surface area contributed by atoms with E-state index in [1.165, 1.54) is 42.5 Å². The smallest absolute Gasteiger partial charge is 0.261 e. The highest BCUT2D eigenvalue weighted by molar-refractivity contribution is 8.13. The molecule has 0 atom stereocenters. The highest BCUT2D eigenvalue weighted by Gasteiger charge is 2.32. The average molecular weight is 1360 g/mol. The Balaban J connectivity index is 0.000000155. The molecule has 5 N–H and O–H groups in total. The zero-order chi connectivity index (χ0) is 63.5. The number of rotatable bonds is 11. The third-order valence-corrected chi connectivity index (χ3v) is 21.5. The Kier molecular flexibility index (Phi) is 19.8. The Morgan fingerprint density at radius 2 is 1.04 bits per heavy atom. The maximum Gasteiger partial charge on any atom is 0.261 e. The van der Waals surface area contributed by atoms with E-state index in [4.69, 9.17) is 61.8 Å². The van der Waals surface area contributed by atoms with Crippen molar-refractivity contribution in [1.29, 1.82) is 0 Å². The summed E-state index contributed by atoms with van der Waals surface area (Å²) in [5, 5.41) is 12.0. The number of fused-ring (bicyclic) bond motifs is 5. The Bertz CT molecular complexity index is 4350. The van der Waals surface area contributed by atoms with Crippen LogP contribution in [0.25, 0.3) is 11.6 Å². The number of nitrogens with one attached hydrogen (secondary N) is 5. The van der Waals surface area contributed by atoms with Gasteiger partial charge in [-0.1, -0.05) is 76.7 Å². The number of aromatic nitrogens is 1. The number of aromatic amines is 1. The van der Waals surface area contributed by atoms with Crippen LogP contribution in [0.4, 0.5) is 22.7 Å². The van der Waals surface area contributed by atoms with Gasteiger partial charge in [-0.25, -0.2) is 25.3 Å². The van der Waals surface area contributed by atoms with E-state index in [0.29, 0.717) is 104 Å². The summed E-state index contributed by atoms with van der Waals surface area (Å²) in [5.41, 5.74) is 9.65. The molecular formula is C62H56Cl5N7O12S3. The largest absolute Gasteiger partial charge is 0.379 e. The van der Waals surface area contributed by atoms with Gasteiger partial charge in [0, 0.05) is 114 Å². The zero-order valence-corrected chi connectivity index (χ0v) is 53.6. The standard InChI is InChI=1S/C31H32Cl2N4O5S.C15H11Cl2NO3S.C8H6ClNO3S.C8H7NO/c1-19-28(34-27-6-3-9-37(31(39)29(19)27)11-10-36-12-14-42-15-13-36)17-22-21-16-20(7-8-26(21)35-30(22)38)43(40,41)18-23-24(32)4-2-5-25(23)33;16-12-2-1-3-13(17)11(12)8-22(20,21)10-4-5-14-9(6-10)7-15(19)18-14;9-14(12,13)6-1-2-7-5(3-6)4-8(11)10-7;10-8-5-6-3-1-2-4-7(6)9-8/h2,4-5,7-8,16-17,34H,3,6,9-15,18H2,1H3,(H,35,38);1-6H,7-8H2,(H,18,19);1-3H,4H2,(H,10,11);1-4H,5H2,(H,9,10)/b22-17-;;;. The molecule has 13 rings (SSSR count). The van der Waals surface area contributed by atoms with Crippen LogP contribution < -0.4 is 21.3 Å². The number of carbonyl (C=O) groups excluding carboxylic acids is 5. The van der Waals surface area contributed by atoms with Gasteiger partial charge >= 0.3 is 0 Å². The number of aryl methyl sites for hydroxylation is 1. The molecule has 1 aromatic heterocycles. The molecule has 1 saturated heterocycles. The number of hydrogen-bond acceptors (Lipinski definition) is 13. The number of anilines is 4.